The van der Waals surface area contributed by atoms with Crippen molar-refractivity contribution in [2.24, 2.45) is 17.6 Å². The van der Waals surface area contributed by atoms with Gasteiger partial charge in [0.2, 0.25) is 0 Å². The van der Waals surface area contributed by atoms with Gasteiger partial charge in [-0.1, -0.05) is 184 Å². The summed E-state index contributed by atoms with van der Waals surface area (Å²) in [6.07, 6.45) is 1.86. The van der Waals surface area contributed by atoms with Gasteiger partial charge in [0, 0.05) is 18.9 Å². The van der Waals surface area contributed by atoms with Crippen molar-refractivity contribution in [3.8, 4) is 22.3 Å². The third-order valence-corrected chi connectivity index (χ3v) is 9.46. The van der Waals surface area contributed by atoms with Gasteiger partial charge in [-0.2, -0.15) is 0 Å². The van der Waals surface area contributed by atoms with E-state index in [9.17, 15) is 14.4 Å². The van der Waals surface area contributed by atoms with Gasteiger partial charge in [-0.3, -0.25) is 14.4 Å². The van der Waals surface area contributed by atoms with Crippen molar-refractivity contribution in [2.75, 3.05) is 0 Å². The van der Waals surface area contributed by atoms with Gasteiger partial charge in [-0.15, -0.1) is 0 Å². The molecule has 0 saturated carbocycles. The van der Waals surface area contributed by atoms with Crippen LogP contribution in [0.5, 0.6) is 0 Å². The zero-order chi connectivity index (χ0) is 39.5. The summed E-state index contributed by atoms with van der Waals surface area (Å²) in [5, 5.41) is 0. The predicted molar refractivity (Wildman–Crippen MR) is 224 cm³/mol. The molecule has 0 unspecified atom stereocenters. The third-order valence-electron chi connectivity index (χ3n) is 9.46. The number of esters is 2. The van der Waals surface area contributed by atoms with Crippen LogP contribution in [-0.2, 0) is 49.9 Å². The zero-order valence-electron chi connectivity index (χ0n) is 32.3. The number of ether oxygens (including phenoxy) is 2. The molecule has 2 N–H and O–H groups in total. The van der Waals surface area contributed by atoms with Crippen LogP contribution >= 0.6 is 0 Å². The van der Waals surface area contributed by atoms with E-state index >= 15 is 0 Å². The molecule has 6 aromatic carbocycles. The lowest BCUT2D eigenvalue weighted by atomic mass is 9.95. The monoisotopic (exact) mass is 745 g/mol. The SMILES string of the molecule is C[C@H](CC(=O)Cc1ccc(-c2ccccc2)cc1)C(=O)OCc1ccccc1.C[C@H](C[C@H](N)Cc1ccc(-c2ccccc2)cc1)C(=O)OCc1ccccc1. The highest BCUT2D eigenvalue weighted by molar-refractivity contribution is 5.86. The summed E-state index contributed by atoms with van der Waals surface area (Å²) in [6.45, 7) is 4.16. The van der Waals surface area contributed by atoms with Crippen LogP contribution in [0.3, 0.4) is 0 Å². The molecular weight excluding hydrogens is 695 g/mol. The molecule has 56 heavy (non-hydrogen) atoms. The molecule has 6 nitrogen and oxygen atoms in total. The number of hydrogen-bond donors (Lipinski definition) is 1. The number of ketones is 1. The Hall–Kier alpha value is -6.11. The van der Waals surface area contributed by atoms with E-state index in [0.717, 1.165) is 34.2 Å². The first-order valence-corrected chi connectivity index (χ1v) is 19.2. The fourth-order valence-electron chi connectivity index (χ4n) is 6.31. The van der Waals surface area contributed by atoms with Gasteiger partial charge >= 0.3 is 11.9 Å². The van der Waals surface area contributed by atoms with E-state index in [1.807, 2.05) is 128 Å². The maximum Gasteiger partial charge on any atom is 0.309 e. The molecular formula is C50H51NO5. The summed E-state index contributed by atoms with van der Waals surface area (Å²) in [5.74, 6) is -1.16. The van der Waals surface area contributed by atoms with E-state index in [2.05, 4.69) is 48.5 Å². The molecule has 0 aliphatic heterocycles. The van der Waals surface area contributed by atoms with Gasteiger partial charge in [0.15, 0.2) is 0 Å². The molecule has 6 aromatic rings. The zero-order valence-corrected chi connectivity index (χ0v) is 32.3. The Bertz CT molecular complexity index is 2070. The molecule has 0 bridgehead atoms. The first-order valence-electron chi connectivity index (χ1n) is 19.2. The molecule has 0 aliphatic rings. The first-order chi connectivity index (χ1) is 27.2. The second-order valence-electron chi connectivity index (χ2n) is 14.2. The van der Waals surface area contributed by atoms with Crippen LogP contribution in [0.4, 0.5) is 0 Å². The summed E-state index contributed by atoms with van der Waals surface area (Å²) in [7, 11) is 0. The van der Waals surface area contributed by atoms with Gasteiger partial charge in [0.1, 0.15) is 19.0 Å². The summed E-state index contributed by atoms with van der Waals surface area (Å²) >= 11 is 0. The molecule has 286 valence electrons. The Balaban J connectivity index is 0.000000214. The minimum absolute atomic E-state index is 0.0385. The normalized spacial score (nSPS) is 12.3. The topological polar surface area (TPSA) is 95.7 Å². The molecule has 0 aromatic heterocycles. The molecule has 0 radical (unpaired) electrons. The minimum atomic E-state index is -0.445. The van der Waals surface area contributed by atoms with E-state index in [-0.39, 0.29) is 42.7 Å². The summed E-state index contributed by atoms with van der Waals surface area (Å²) in [6, 6.07) is 56.0. The quantitative estimate of drug-likeness (QED) is 0.0991. The Kier molecular flexibility index (Phi) is 15.9. The van der Waals surface area contributed by atoms with Crippen LogP contribution in [0.1, 0.15) is 48.9 Å². The van der Waals surface area contributed by atoms with Crippen molar-refractivity contribution < 1.29 is 23.9 Å². The fourth-order valence-corrected chi connectivity index (χ4v) is 6.31. The molecule has 0 saturated heterocycles. The number of carbonyl (C=O) groups is 3. The Morgan fingerprint density at radius 1 is 0.464 bits per heavy atom. The Morgan fingerprint density at radius 3 is 1.29 bits per heavy atom. The van der Waals surface area contributed by atoms with Crippen molar-refractivity contribution in [3.05, 3.63) is 192 Å². The molecule has 0 aliphatic carbocycles. The number of nitrogens with two attached hydrogens (primary N) is 1. The largest absolute Gasteiger partial charge is 0.461 e. The van der Waals surface area contributed by atoms with Crippen molar-refractivity contribution in [1.29, 1.82) is 0 Å². The van der Waals surface area contributed by atoms with Crippen LogP contribution in [0.25, 0.3) is 22.3 Å². The standard InChI is InChI=1S/C25H27NO2.C25H24O3/c2*1-19(25(27)28-18-21-8-4-2-5-9-21)16-24(26)17-20-12-14-23(15-13-20)22-10-6-3-7-11-22/h2-15,19,24H,16-18,26H2,1H3;2-15,19H,16-18H2,1H3/t19-,24+;19-/m11/s1. The van der Waals surface area contributed by atoms with Gasteiger partial charge in [-0.25, -0.2) is 0 Å². The lowest BCUT2D eigenvalue weighted by Crippen LogP contribution is -2.29. The van der Waals surface area contributed by atoms with Crippen molar-refractivity contribution >= 4 is 17.7 Å². The second-order valence-corrected chi connectivity index (χ2v) is 14.2. The highest BCUT2D eigenvalue weighted by atomic mass is 16.5. The average Bonchev–Trinajstić information content (AvgIpc) is 3.24. The van der Waals surface area contributed by atoms with Crippen molar-refractivity contribution in [2.45, 2.75) is 58.8 Å². The number of benzene rings is 6. The average molecular weight is 746 g/mol. The number of rotatable bonds is 16. The number of Topliss-reactive ketones (excluding diaryl/α,β-unsaturated/α-hetero) is 1. The molecule has 0 amide bonds. The highest BCUT2D eigenvalue weighted by Gasteiger charge is 2.20. The molecule has 0 heterocycles. The maximum absolute atomic E-state index is 12.3. The Morgan fingerprint density at radius 2 is 0.839 bits per heavy atom. The van der Waals surface area contributed by atoms with Crippen LogP contribution in [-0.4, -0.2) is 23.8 Å². The number of carbonyl (C=O) groups excluding carboxylic acids is 3. The second kappa shape index (κ2) is 21.7. The van der Waals surface area contributed by atoms with Crippen LogP contribution in [0.2, 0.25) is 0 Å². The Labute approximate surface area is 331 Å². The van der Waals surface area contributed by atoms with Gasteiger partial charge in [-0.05, 0) is 57.3 Å². The molecule has 6 heteroatoms. The lowest BCUT2D eigenvalue weighted by Gasteiger charge is -2.17. The van der Waals surface area contributed by atoms with Crippen LogP contribution in [0.15, 0.2) is 170 Å². The van der Waals surface area contributed by atoms with Gasteiger partial charge < -0.3 is 15.2 Å². The maximum atomic E-state index is 12.3. The van der Waals surface area contributed by atoms with E-state index in [4.69, 9.17) is 15.2 Å². The summed E-state index contributed by atoms with van der Waals surface area (Å²) < 4.78 is 10.7. The van der Waals surface area contributed by atoms with Crippen molar-refractivity contribution in [1.82, 2.24) is 0 Å². The first kappa shape index (κ1) is 41.1. The van der Waals surface area contributed by atoms with E-state index in [1.165, 1.54) is 16.7 Å². The van der Waals surface area contributed by atoms with Crippen molar-refractivity contribution in [3.63, 3.8) is 0 Å². The lowest BCUT2D eigenvalue weighted by molar-refractivity contribution is -0.151. The van der Waals surface area contributed by atoms with Gasteiger partial charge in [0.25, 0.3) is 0 Å². The highest BCUT2D eigenvalue weighted by Crippen LogP contribution is 2.22. The van der Waals surface area contributed by atoms with Gasteiger partial charge in [0.05, 0.1) is 11.8 Å². The van der Waals surface area contributed by atoms with Crippen LogP contribution < -0.4 is 5.73 Å². The number of hydrogen-bond acceptors (Lipinski definition) is 6. The molecule has 0 spiro atoms. The minimum Gasteiger partial charge on any atom is -0.461 e. The fraction of sp³-hybridized carbons (Fsp3) is 0.220. The van der Waals surface area contributed by atoms with Crippen LogP contribution in [0, 0.1) is 11.8 Å². The molecule has 0 fully saturated rings. The van der Waals surface area contributed by atoms with E-state index in [1.54, 1.807) is 6.92 Å². The summed E-state index contributed by atoms with van der Waals surface area (Å²) in [4.78, 5) is 36.7. The smallest absolute Gasteiger partial charge is 0.309 e. The van der Waals surface area contributed by atoms with E-state index in [0.29, 0.717) is 19.4 Å². The predicted octanol–water partition coefficient (Wildman–Crippen LogP) is 10.2. The third kappa shape index (κ3) is 13.6. The molecule has 3 atom stereocenters. The summed E-state index contributed by atoms with van der Waals surface area (Å²) in [5.41, 5.74) is 15.0. The molecule has 6 rings (SSSR count). The van der Waals surface area contributed by atoms with E-state index < -0.39 is 5.92 Å².